The molecule has 0 amide bonds. The second-order valence-corrected chi connectivity index (χ2v) is 11.3. The number of halogens is 1. The van der Waals surface area contributed by atoms with Crippen LogP contribution in [0.15, 0.2) is 158 Å². The molecule has 0 spiro atoms. The fourth-order valence-corrected chi connectivity index (χ4v) is 6.27. The summed E-state index contributed by atoms with van der Waals surface area (Å²) in [4.78, 5) is 14.1. The van der Waals surface area contributed by atoms with E-state index >= 15 is 0 Å². The van der Waals surface area contributed by atoms with Crippen molar-refractivity contribution in [3.8, 4) is 56.2 Å². The maximum Gasteiger partial charge on any atom is 0.226 e. The van der Waals surface area contributed by atoms with Gasteiger partial charge in [-0.3, -0.25) is 0 Å². The molecule has 0 bridgehead atoms. The van der Waals surface area contributed by atoms with Crippen LogP contribution >= 0.6 is 11.6 Å². The fourth-order valence-electron chi connectivity index (χ4n) is 6.11. The number of nitrogens with zero attached hydrogens (tertiary/aromatic N) is 3. The van der Waals surface area contributed by atoms with Crippen LogP contribution in [-0.2, 0) is 0 Å². The number of aromatic nitrogens is 3. The number of hydrogen-bond donors (Lipinski definition) is 0. The predicted molar refractivity (Wildman–Crippen MR) is 187 cm³/mol. The Kier molecular flexibility index (Phi) is 6.86. The molecule has 0 fully saturated rings. The Morgan fingerprint density at radius 2 is 0.844 bits per heavy atom. The smallest absolute Gasteiger partial charge is 0.208 e. The molecule has 3 nitrogen and oxygen atoms in total. The summed E-state index contributed by atoms with van der Waals surface area (Å²) in [5, 5.41) is 4.63. The average Bonchev–Trinajstić information content (AvgIpc) is 3.11. The van der Waals surface area contributed by atoms with Gasteiger partial charge in [-0.25, -0.2) is 4.98 Å². The fraction of sp³-hybridized carbons (Fsp3) is 0. The van der Waals surface area contributed by atoms with Gasteiger partial charge in [0.1, 0.15) is 0 Å². The summed E-state index contributed by atoms with van der Waals surface area (Å²) in [6.45, 7) is 0. The maximum atomic E-state index is 6.58. The second kappa shape index (κ2) is 11.5. The topological polar surface area (TPSA) is 38.7 Å². The SMILES string of the molecule is Clc1nc(-c2ccc3cccc(-c4ccc(-c5ccccc5)cc4)c3c2)nc(-c2cccc3c(-c4ccccc4)cccc23)n1. The van der Waals surface area contributed by atoms with Gasteiger partial charge in [-0.1, -0.05) is 152 Å². The van der Waals surface area contributed by atoms with Crippen LogP contribution in [0.2, 0.25) is 5.28 Å². The van der Waals surface area contributed by atoms with Crippen molar-refractivity contribution in [2.75, 3.05) is 0 Å². The Bertz CT molecular complexity index is 2320. The third kappa shape index (κ3) is 5.14. The van der Waals surface area contributed by atoms with Crippen molar-refractivity contribution in [3.63, 3.8) is 0 Å². The molecular formula is C41H26ClN3. The normalized spacial score (nSPS) is 11.2. The highest BCUT2D eigenvalue weighted by molar-refractivity contribution is 6.28. The Labute approximate surface area is 266 Å². The molecule has 4 heteroatoms. The number of hydrogen-bond acceptors (Lipinski definition) is 3. The van der Waals surface area contributed by atoms with Crippen LogP contribution in [0.25, 0.3) is 77.7 Å². The molecular weight excluding hydrogens is 570 g/mol. The first-order valence-corrected chi connectivity index (χ1v) is 15.3. The summed E-state index contributed by atoms with van der Waals surface area (Å²) in [6, 6.07) is 54.9. The lowest BCUT2D eigenvalue weighted by molar-refractivity contribution is 1.07. The highest BCUT2D eigenvalue weighted by Gasteiger charge is 2.15. The molecule has 0 atom stereocenters. The molecule has 212 valence electrons. The van der Waals surface area contributed by atoms with Gasteiger partial charge in [0.25, 0.3) is 0 Å². The van der Waals surface area contributed by atoms with Crippen molar-refractivity contribution in [1.29, 1.82) is 0 Å². The third-order valence-corrected chi connectivity index (χ3v) is 8.47. The van der Waals surface area contributed by atoms with E-state index < -0.39 is 0 Å². The monoisotopic (exact) mass is 595 g/mol. The predicted octanol–water partition coefficient (Wildman–Crippen LogP) is 11.2. The molecule has 0 saturated carbocycles. The van der Waals surface area contributed by atoms with Crippen LogP contribution in [-0.4, -0.2) is 15.0 Å². The molecule has 7 aromatic carbocycles. The Morgan fingerprint density at radius 1 is 0.333 bits per heavy atom. The van der Waals surface area contributed by atoms with E-state index in [0.29, 0.717) is 11.6 Å². The summed E-state index contributed by atoms with van der Waals surface area (Å²) < 4.78 is 0. The van der Waals surface area contributed by atoms with E-state index in [0.717, 1.165) is 54.9 Å². The van der Waals surface area contributed by atoms with Crippen LogP contribution in [0.1, 0.15) is 0 Å². The lowest BCUT2D eigenvalue weighted by atomic mass is 9.95. The van der Waals surface area contributed by atoms with Crippen LogP contribution in [0, 0.1) is 0 Å². The lowest BCUT2D eigenvalue weighted by Gasteiger charge is -2.12. The van der Waals surface area contributed by atoms with Gasteiger partial charge in [0.05, 0.1) is 0 Å². The van der Waals surface area contributed by atoms with E-state index in [4.69, 9.17) is 16.6 Å². The summed E-state index contributed by atoms with van der Waals surface area (Å²) in [7, 11) is 0. The average molecular weight is 596 g/mol. The first kappa shape index (κ1) is 26.9. The van der Waals surface area contributed by atoms with Crippen molar-refractivity contribution in [2.45, 2.75) is 0 Å². The number of benzene rings is 7. The molecule has 0 aliphatic rings. The van der Waals surface area contributed by atoms with Crippen molar-refractivity contribution < 1.29 is 0 Å². The highest BCUT2D eigenvalue weighted by atomic mass is 35.5. The minimum atomic E-state index is 0.163. The minimum absolute atomic E-state index is 0.163. The van der Waals surface area contributed by atoms with Gasteiger partial charge in [0.15, 0.2) is 11.6 Å². The van der Waals surface area contributed by atoms with Crippen molar-refractivity contribution in [3.05, 3.63) is 163 Å². The Balaban J connectivity index is 1.22. The van der Waals surface area contributed by atoms with Gasteiger partial charge in [0, 0.05) is 11.1 Å². The van der Waals surface area contributed by atoms with Gasteiger partial charge in [-0.15, -0.1) is 0 Å². The zero-order valence-corrected chi connectivity index (χ0v) is 25.0. The van der Waals surface area contributed by atoms with Gasteiger partial charge in [0.2, 0.25) is 5.28 Å². The molecule has 0 aliphatic carbocycles. The molecule has 0 N–H and O–H groups in total. The van der Waals surface area contributed by atoms with Crippen LogP contribution in [0.3, 0.4) is 0 Å². The highest BCUT2D eigenvalue weighted by Crippen LogP contribution is 2.36. The molecule has 8 aromatic rings. The minimum Gasteiger partial charge on any atom is -0.208 e. The zero-order chi connectivity index (χ0) is 30.2. The Morgan fingerprint density at radius 3 is 1.58 bits per heavy atom. The third-order valence-electron chi connectivity index (χ3n) is 8.30. The summed E-state index contributed by atoms with van der Waals surface area (Å²) in [5.41, 5.74) is 8.81. The summed E-state index contributed by atoms with van der Waals surface area (Å²) >= 11 is 6.58. The quantitative estimate of drug-likeness (QED) is 0.199. The first-order valence-electron chi connectivity index (χ1n) is 14.9. The van der Waals surface area contributed by atoms with Crippen molar-refractivity contribution in [1.82, 2.24) is 15.0 Å². The van der Waals surface area contributed by atoms with Crippen molar-refractivity contribution in [2.24, 2.45) is 0 Å². The van der Waals surface area contributed by atoms with Gasteiger partial charge >= 0.3 is 0 Å². The van der Waals surface area contributed by atoms with Gasteiger partial charge in [-0.2, -0.15) is 9.97 Å². The van der Waals surface area contributed by atoms with Crippen LogP contribution in [0.4, 0.5) is 0 Å². The summed E-state index contributed by atoms with van der Waals surface area (Å²) in [6.07, 6.45) is 0. The first-order chi connectivity index (χ1) is 22.2. The molecule has 45 heavy (non-hydrogen) atoms. The molecule has 0 radical (unpaired) electrons. The molecule has 0 unspecified atom stereocenters. The van der Waals surface area contributed by atoms with Crippen molar-refractivity contribution >= 4 is 33.1 Å². The van der Waals surface area contributed by atoms with E-state index in [9.17, 15) is 0 Å². The maximum absolute atomic E-state index is 6.58. The van der Waals surface area contributed by atoms with E-state index in [1.807, 2.05) is 24.3 Å². The van der Waals surface area contributed by atoms with Crippen LogP contribution in [0.5, 0.6) is 0 Å². The molecule has 0 aliphatic heterocycles. The lowest BCUT2D eigenvalue weighted by Crippen LogP contribution is -1.98. The standard InChI is InChI=1S/C41H26ClN3/c42-41-44-39(43-40(45-41)37-19-9-17-35-33(16-8-18-36(35)37)29-12-5-2-6-13-29)32-25-24-30-14-7-15-34(38(30)26-32)31-22-20-28(21-23-31)27-10-3-1-4-11-27/h1-26H. The molecule has 8 rings (SSSR count). The van der Waals surface area contributed by atoms with E-state index in [2.05, 4.69) is 143 Å². The summed E-state index contributed by atoms with van der Waals surface area (Å²) in [5.74, 6) is 1.09. The van der Waals surface area contributed by atoms with Crippen LogP contribution < -0.4 is 0 Å². The van der Waals surface area contributed by atoms with Gasteiger partial charge in [-0.05, 0) is 72.6 Å². The number of rotatable bonds is 5. The largest absolute Gasteiger partial charge is 0.226 e. The second-order valence-electron chi connectivity index (χ2n) is 11.0. The van der Waals surface area contributed by atoms with Gasteiger partial charge < -0.3 is 0 Å². The molecule has 0 saturated heterocycles. The van der Waals surface area contributed by atoms with E-state index in [-0.39, 0.29) is 5.28 Å². The number of fused-ring (bicyclic) bond motifs is 2. The zero-order valence-electron chi connectivity index (χ0n) is 24.2. The van der Waals surface area contributed by atoms with E-state index in [1.165, 1.54) is 11.1 Å². The molecule has 1 heterocycles. The van der Waals surface area contributed by atoms with E-state index in [1.54, 1.807) is 0 Å². The Hall–Kier alpha value is -5.64. The molecule has 1 aromatic heterocycles.